The molecule has 2 aromatic rings. The molecule has 0 unspecified atom stereocenters. The molecule has 1 saturated heterocycles. The van der Waals surface area contributed by atoms with Crippen molar-refractivity contribution in [3.05, 3.63) is 51.5 Å². The minimum Gasteiger partial charge on any atom is -0.355 e. The predicted molar refractivity (Wildman–Crippen MR) is 134 cm³/mol. The third-order valence-electron chi connectivity index (χ3n) is 4.97. The maximum Gasteiger partial charge on any atom is 0.263 e. The number of aliphatic imine (C=N–C) groups is 1. The number of nitrogens with zero attached hydrogens (tertiary/aromatic N) is 3. The van der Waals surface area contributed by atoms with Crippen molar-refractivity contribution in [2.75, 3.05) is 33.2 Å². The smallest absolute Gasteiger partial charge is 0.263 e. The molecular formula is C21H31IN6OS. The number of amides is 1. The molecule has 1 aromatic heterocycles. The van der Waals surface area contributed by atoms with Gasteiger partial charge in [-0.25, -0.2) is 4.98 Å². The molecule has 0 aliphatic carbocycles. The van der Waals surface area contributed by atoms with Gasteiger partial charge in [-0.1, -0.05) is 24.3 Å². The molecule has 0 saturated carbocycles. The molecule has 1 amide bonds. The summed E-state index contributed by atoms with van der Waals surface area (Å²) in [5.74, 6) is 0.637. The van der Waals surface area contributed by atoms with Crippen LogP contribution in [0.5, 0.6) is 0 Å². The van der Waals surface area contributed by atoms with Crippen LogP contribution >= 0.6 is 35.3 Å². The van der Waals surface area contributed by atoms with Gasteiger partial charge in [0.2, 0.25) is 0 Å². The highest BCUT2D eigenvalue weighted by Gasteiger charge is 2.12. The first-order valence-corrected chi connectivity index (χ1v) is 11.0. The maximum atomic E-state index is 12.1. The molecule has 2 heterocycles. The number of nitrogens with one attached hydrogen (secondary N) is 3. The van der Waals surface area contributed by atoms with Crippen LogP contribution in [0.15, 0.2) is 34.8 Å². The Kier molecular flexibility index (Phi) is 10.5. The Morgan fingerprint density at radius 1 is 1.10 bits per heavy atom. The Bertz CT molecular complexity index is 817. The van der Waals surface area contributed by atoms with Crippen molar-refractivity contribution in [2.45, 2.75) is 32.9 Å². The fourth-order valence-electron chi connectivity index (χ4n) is 3.32. The molecule has 30 heavy (non-hydrogen) atoms. The van der Waals surface area contributed by atoms with Crippen molar-refractivity contribution >= 4 is 47.2 Å². The fraction of sp³-hybridized carbons (Fsp3) is 0.476. The van der Waals surface area contributed by atoms with Crippen LogP contribution in [0, 0.1) is 6.92 Å². The Morgan fingerprint density at radius 2 is 1.77 bits per heavy atom. The molecule has 0 atom stereocenters. The zero-order valence-corrected chi connectivity index (χ0v) is 20.8. The number of guanidine groups is 1. The van der Waals surface area contributed by atoms with E-state index in [0.29, 0.717) is 24.5 Å². The van der Waals surface area contributed by atoms with Gasteiger partial charge in [0.25, 0.3) is 5.91 Å². The van der Waals surface area contributed by atoms with E-state index in [-0.39, 0.29) is 29.9 Å². The summed E-state index contributed by atoms with van der Waals surface area (Å²) < 4.78 is 0. The number of halogens is 1. The Labute approximate surface area is 199 Å². The molecule has 0 radical (unpaired) electrons. The van der Waals surface area contributed by atoms with E-state index in [1.165, 1.54) is 48.4 Å². The van der Waals surface area contributed by atoms with E-state index in [2.05, 4.69) is 55.1 Å². The lowest BCUT2D eigenvalue weighted by Crippen LogP contribution is -2.41. The normalized spacial score (nSPS) is 14.3. The lowest BCUT2D eigenvalue weighted by Gasteiger charge is -2.15. The summed E-state index contributed by atoms with van der Waals surface area (Å²) in [4.78, 5) is 23.6. The zero-order chi connectivity index (χ0) is 20.5. The summed E-state index contributed by atoms with van der Waals surface area (Å²) in [6, 6.07) is 8.76. The second kappa shape index (κ2) is 12.9. The number of carbonyl (C=O) groups excluding carboxylic acids is 1. The van der Waals surface area contributed by atoms with Crippen LogP contribution in [-0.2, 0) is 13.1 Å². The second-order valence-electron chi connectivity index (χ2n) is 7.18. The lowest BCUT2D eigenvalue weighted by atomic mass is 10.1. The summed E-state index contributed by atoms with van der Waals surface area (Å²) in [5.41, 5.74) is 5.04. The highest BCUT2D eigenvalue weighted by atomic mass is 127. The van der Waals surface area contributed by atoms with Crippen LogP contribution in [-0.4, -0.2) is 55.0 Å². The Morgan fingerprint density at radius 3 is 2.40 bits per heavy atom. The number of rotatable bonds is 8. The summed E-state index contributed by atoms with van der Waals surface area (Å²) in [6.45, 7) is 7.14. The van der Waals surface area contributed by atoms with Crippen molar-refractivity contribution in [3.63, 3.8) is 0 Å². The first-order valence-electron chi connectivity index (χ1n) is 10.1. The zero-order valence-electron chi connectivity index (χ0n) is 17.6. The van der Waals surface area contributed by atoms with E-state index < -0.39 is 0 Å². The number of carbonyl (C=O) groups is 1. The number of hydrogen-bond acceptors (Lipinski definition) is 5. The minimum absolute atomic E-state index is 0. The van der Waals surface area contributed by atoms with Crippen LogP contribution in [0.4, 0.5) is 0 Å². The Hall–Kier alpha value is -1.72. The molecule has 1 aliphatic heterocycles. The second-order valence-corrected chi connectivity index (χ2v) is 8.03. The van der Waals surface area contributed by atoms with Crippen molar-refractivity contribution in [2.24, 2.45) is 4.99 Å². The van der Waals surface area contributed by atoms with Crippen LogP contribution in [0.2, 0.25) is 0 Å². The number of aryl methyl sites for hydroxylation is 1. The minimum atomic E-state index is -0.0798. The standard InChI is InChI=1S/C21H30N6OS.HI/c1-16-19(29-15-26-16)20(28)23-9-10-24-21(22-2)25-13-17-5-7-18(8-6-17)14-27-11-3-4-12-27;/h5-8,15H,3-4,9-14H2,1-2H3,(H,23,28)(H2,22,24,25);1H. The van der Waals surface area contributed by atoms with E-state index in [1.54, 1.807) is 12.6 Å². The highest BCUT2D eigenvalue weighted by molar-refractivity contribution is 14.0. The molecule has 3 N–H and O–H groups in total. The maximum absolute atomic E-state index is 12.1. The van der Waals surface area contributed by atoms with Crippen LogP contribution < -0.4 is 16.0 Å². The molecule has 7 nitrogen and oxygen atoms in total. The molecule has 0 spiro atoms. The first kappa shape index (κ1) is 24.5. The van der Waals surface area contributed by atoms with Gasteiger partial charge < -0.3 is 16.0 Å². The molecular weight excluding hydrogens is 511 g/mol. The molecule has 0 bridgehead atoms. The van der Waals surface area contributed by atoms with E-state index in [0.717, 1.165) is 18.2 Å². The van der Waals surface area contributed by atoms with Gasteiger partial charge in [-0.15, -0.1) is 35.3 Å². The average Bonchev–Trinajstić information content (AvgIpc) is 3.40. The van der Waals surface area contributed by atoms with E-state index in [1.807, 2.05) is 6.92 Å². The number of benzene rings is 1. The lowest BCUT2D eigenvalue weighted by molar-refractivity contribution is 0.0957. The van der Waals surface area contributed by atoms with E-state index in [4.69, 9.17) is 0 Å². The predicted octanol–water partition coefficient (Wildman–Crippen LogP) is 2.76. The third-order valence-corrected chi connectivity index (χ3v) is 5.89. The van der Waals surface area contributed by atoms with Crippen LogP contribution in [0.1, 0.15) is 39.3 Å². The fourth-order valence-corrected chi connectivity index (χ4v) is 4.04. The summed E-state index contributed by atoms with van der Waals surface area (Å²) in [6.07, 6.45) is 2.64. The Balaban J connectivity index is 0.00000320. The van der Waals surface area contributed by atoms with Gasteiger partial charge >= 0.3 is 0 Å². The largest absolute Gasteiger partial charge is 0.355 e. The molecule has 3 rings (SSSR count). The highest BCUT2D eigenvalue weighted by Crippen LogP contribution is 2.13. The van der Waals surface area contributed by atoms with Crippen LogP contribution in [0.3, 0.4) is 0 Å². The van der Waals surface area contributed by atoms with Gasteiger partial charge in [0.15, 0.2) is 5.96 Å². The van der Waals surface area contributed by atoms with Gasteiger partial charge in [0, 0.05) is 33.2 Å². The SMILES string of the molecule is CN=C(NCCNC(=O)c1scnc1C)NCc1ccc(CN2CCCC2)cc1.I. The molecule has 1 fully saturated rings. The van der Waals surface area contributed by atoms with Crippen molar-refractivity contribution in [1.29, 1.82) is 0 Å². The number of hydrogen-bond donors (Lipinski definition) is 3. The van der Waals surface area contributed by atoms with E-state index >= 15 is 0 Å². The van der Waals surface area contributed by atoms with Gasteiger partial charge in [-0.05, 0) is 44.0 Å². The quantitative estimate of drug-likeness (QED) is 0.207. The summed E-state index contributed by atoms with van der Waals surface area (Å²) in [7, 11) is 1.74. The molecule has 164 valence electrons. The number of thiazole rings is 1. The van der Waals surface area contributed by atoms with Crippen LogP contribution in [0.25, 0.3) is 0 Å². The van der Waals surface area contributed by atoms with Crippen molar-refractivity contribution in [1.82, 2.24) is 25.8 Å². The van der Waals surface area contributed by atoms with Gasteiger partial charge in [-0.2, -0.15) is 0 Å². The van der Waals surface area contributed by atoms with E-state index in [9.17, 15) is 4.79 Å². The molecule has 9 heteroatoms. The summed E-state index contributed by atoms with van der Waals surface area (Å²) >= 11 is 1.36. The van der Waals surface area contributed by atoms with Gasteiger partial charge in [-0.3, -0.25) is 14.7 Å². The van der Waals surface area contributed by atoms with Crippen molar-refractivity contribution in [3.8, 4) is 0 Å². The summed E-state index contributed by atoms with van der Waals surface area (Å²) in [5, 5.41) is 9.43. The molecule has 1 aliphatic rings. The van der Waals surface area contributed by atoms with Gasteiger partial charge in [0.1, 0.15) is 4.88 Å². The van der Waals surface area contributed by atoms with Crippen molar-refractivity contribution < 1.29 is 4.79 Å². The first-order chi connectivity index (χ1) is 14.2. The third kappa shape index (κ3) is 7.51. The monoisotopic (exact) mass is 542 g/mol. The molecule has 1 aromatic carbocycles. The average molecular weight is 542 g/mol. The number of likely N-dealkylation sites (tertiary alicyclic amines) is 1. The van der Waals surface area contributed by atoms with Gasteiger partial charge in [0.05, 0.1) is 11.2 Å². The topological polar surface area (TPSA) is 81.6 Å². The number of aromatic nitrogens is 1.